The van der Waals surface area contributed by atoms with Crippen LogP contribution >= 0.6 is 0 Å². The standard InChI is InChI=1S/C19H32N2O3/c1-19(2,3)18(22)15-21-11-9-20(10-12-21)13-14-24-17-8-6-5-7-16(17)23-4/h5-8,18,22H,9-15H2,1-4H3/t18-/m1/s1. The molecule has 0 aliphatic carbocycles. The summed E-state index contributed by atoms with van der Waals surface area (Å²) in [6, 6.07) is 7.74. The van der Waals surface area contributed by atoms with Gasteiger partial charge in [-0.05, 0) is 17.5 Å². The summed E-state index contributed by atoms with van der Waals surface area (Å²) in [5.74, 6) is 1.57. The molecule has 0 spiro atoms. The highest BCUT2D eigenvalue weighted by atomic mass is 16.5. The van der Waals surface area contributed by atoms with E-state index in [4.69, 9.17) is 9.47 Å². The summed E-state index contributed by atoms with van der Waals surface area (Å²) in [6.45, 7) is 12.6. The highest BCUT2D eigenvalue weighted by Crippen LogP contribution is 2.25. The average molecular weight is 336 g/mol. The second kappa shape index (κ2) is 8.70. The van der Waals surface area contributed by atoms with Crippen LogP contribution in [0.2, 0.25) is 0 Å². The summed E-state index contributed by atoms with van der Waals surface area (Å²) in [5.41, 5.74) is -0.0558. The van der Waals surface area contributed by atoms with Crippen molar-refractivity contribution in [2.24, 2.45) is 5.41 Å². The molecule has 1 heterocycles. The number of nitrogens with zero attached hydrogens (tertiary/aromatic N) is 2. The zero-order valence-corrected chi connectivity index (χ0v) is 15.5. The van der Waals surface area contributed by atoms with E-state index in [1.807, 2.05) is 24.3 Å². The molecule has 1 aliphatic rings. The summed E-state index contributed by atoms with van der Waals surface area (Å²) in [4.78, 5) is 4.77. The van der Waals surface area contributed by atoms with Gasteiger partial charge in [0.1, 0.15) is 6.61 Å². The number of hydrogen-bond donors (Lipinski definition) is 1. The van der Waals surface area contributed by atoms with Gasteiger partial charge in [-0.3, -0.25) is 9.80 Å². The van der Waals surface area contributed by atoms with Gasteiger partial charge in [0.2, 0.25) is 0 Å². The molecule has 136 valence electrons. The summed E-state index contributed by atoms with van der Waals surface area (Å²) >= 11 is 0. The maximum atomic E-state index is 10.2. The first-order chi connectivity index (χ1) is 11.4. The van der Waals surface area contributed by atoms with Gasteiger partial charge in [-0.2, -0.15) is 0 Å². The van der Waals surface area contributed by atoms with Crippen molar-refractivity contribution < 1.29 is 14.6 Å². The monoisotopic (exact) mass is 336 g/mol. The van der Waals surface area contributed by atoms with Crippen LogP contribution in [-0.2, 0) is 0 Å². The Morgan fingerprint density at radius 3 is 2.21 bits per heavy atom. The van der Waals surface area contributed by atoms with Gasteiger partial charge in [0.25, 0.3) is 0 Å². The maximum absolute atomic E-state index is 10.2. The van der Waals surface area contributed by atoms with Gasteiger partial charge in [-0.25, -0.2) is 0 Å². The van der Waals surface area contributed by atoms with Crippen molar-refractivity contribution in [1.29, 1.82) is 0 Å². The third-order valence-electron chi connectivity index (χ3n) is 4.63. The fraction of sp³-hybridized carbons (Fsp3) is 0.684. The molecule has 1 N–H and O–H groups in total. The van der Waals surface area contributed by atoms with Crippen LogP contribution in [0.3, 0.4) is 0 Å². The van der Waals surface area contributed by atoms with Crippen LogP contribution in [-0.4, -0.2) is 74.0 Å². The summed E-state index contributed by atoms with van der Waals surface area (Å²) in [6.07, 6.45) is -0.280. The third-order valence-corrected chi connectivity index (χ3v) is 4.63. The fourth-order valence-electron chi connectivity index (χ4n) is 2.74. The number of piperazine rings is 1. The molecule has 24 heavy (non-hydrogen) atoms. The highest BCUT2D eigenvalue weighted by molar-refractivity contribution is 5.39. The lowest BCUT2D eigenvalue weighted by Crippen LogP contribution is -2.50. The Bertz CT molecular complexity index is 494. The number of aliphatic hydroxyl groups excluding tert-OH is 1. The first kappa shape index (κ1) is 19.0. The largest absolute Gasteiger partial charge is 0.493 e. The van der Waals surface area contributed by atoms with Crippen molar-refractivity contribution in [3.8, 4) is 11.5 Å². The van der Waals surface area contributed by atoms with E-state index in [2.05, 4.69) is 30.6 Å². The summed E-state index contributed by atoms with van der Waals surface area (Å²) < 4.78 is 11.1. The topological polar surface area (TPSA) is 45.2 Å². The number of methoxy groups -OCH3 is 1. The van der Waals surface area contributed by atoms with E-state index >= 15 is 0 Å². The molecule has 0 aromatic heterocycles. The van der Waals surface area contributed by atoms with Crippen molar-refractivity contribution in [3.63, 3.8) is 0 Å². The number of benzene rings is 1. The molecule has 0 saturated carbocycles. The molecular formula is C19H32N2O3. The lowest BCUT2D eigenvalue weighted by Gasteiger charge is -2.37. The Kier molecular flexibility index (Phi) is 6.90. The van der Waals surface area contributed by atoms with Gasteiger partial charge < -0.3 is 14.6 Å². The number of aliphatic hydroxyl groups is 1. The lowest BCUT2D eigenvalue weighted by molar-refractivity contribution is 0.0122. The van der Waals surface area contributed by atoms with Crippen molar-refractivity contribution in [2.75, 3.05) is 53.0 Å². The molecule has 1 fully saturated rings. The van der Waals surface area contributed by atoms with E-state index in [1.54, 1.807) is 7.11 Å². The normalized spacial score (nSPS) is 18.4. The van der Waals surface area contributed by atoms with Crippen LogP contribution in [0, 0.1) is 5.41 Å². The molecule has 0 bridgehead atoms. The molecular weight excluding hydrogens is 304 g/mol. The van der Waals surface area contributed by atoms with Crippen molar-refractivity contribution in [2.45, 2.75) is 26.9 Å². The second-order valence-electron chi connectivity index (χ2n) is 7.52. The number of ether oxygens (including phenoxy) is 2. The zero-order valence-electron chi connectivity index (χ0n) is 15.5. The maximum Gasteiger partial charge on any atom is 0.161 e. The van der Waals surface area contributed by atoms with Crippen molar-refractivity contribution in [1.82, 2.24) is 9.80 Å². The summed E-state index contributed by atoms with van der Waals surface area (Å²) in [5, 5.41) is 10.2. The van der Waals surface area contributed by atoms with E-state index in [0.29, 0.717) is 6.61 Å². The number of hydrogen-bond acceptors (Lipinski definition) is 5. The molecule has 5 nitrogen and oxygen atoms in total. The Labute approximate surface area is 146 Å². The van der Waals surface area contributed by atoms with Crippen molar-refractivity contribution >= 4 is 0 Å². The van der Waals surface area contributed by atoms with Crippen LogP contribution in [0.15, 0.2) is 24.3 Å². The van der Waals surface area contributed by atoms with Crippen LogP contribution in [0.5, 0.6) is 11.5 Å². The minimum absolute atomic E-state index is 0.0558. The third kappa shape index (κ3) is 5.65. The molecule has 1 atom stereocenters. The molecule has 1 saturated heterocycles. The first-order valence-electron chi connectivity index (χ1n) is 8.79. The number of rotatable bonds is 7. The molecule has 1 aromatic carbocycles. The Hall–Kier alpha value is -1.30. The zero-order chi connectivity index (χ0) is 17.6. The predicted octanol–water partition coefficient (Wildman–Crippen LogP) is 2.10. The molecule has 5 heteroatoms. The molecule has 0 unspecified atom stereocenters. The SMILES string of the molecule is COc1ccccc1OCCN1CCN(C[C@@H](O)C(C)(C)C)CC1. The van der Waals surface area contributed by atoms with Gasteiger partial charge in [-0.15, -0.1) is 0 Å². The quantitative estimate of drug-likeness (QED) is 0.826. The Balaban J connectivity index is 1.68. The smallest absolute Gasteiger partial charge is 0.161 e. The van der Waals surface area contributed by atoms with E-state index in [9.17, 15) is 5.11 Å². The van der Waals surface area contributed by atoms with Gasteiger partial charge in [0.15, 0.2) is 11.5 Å². The summed E-state index contributed by atoms with van der Waals surface area (Å²) in [7, 11) is 1.66. The Morgan fingerprint density at radius 1 is 1.04 bits per heavy atom. The van der Waals surface area contributed by atoms with Crippen LogP contribution in [0.4, 0.5) is 0 Å². The van der Waals surface area contributed by atoms with Gasteiger partial charge >= 0.3 is 0 Å². The van der Waals surface area contributed by atoms with E-state index < -0.39 is 0 Å². The van der Waals surface area contributed by atoms with Gasteiger partial charge in [0.05, 0.1) is 13.2 Å². The van der Waals surface area contributed by atoms with E-state index in [-0.39, 0.29) is 11.5 Å². The lowest BCUT2D eigenvalue weighted by atomic mass is 9.89. The Morgan fingerprint density at radius 2 is 1.62 bits per heavy atom. The van der Waals surface area contributed by atoms with E-state index in [0.717, 1.165) is 50.8 Å². The van der Waals surface area contributed by atoms with Crippen molar-refractivity contribution in [3.05, 3.63) is 24.3 Å². The molecule has 0 amide bonds. The predicted molar refractivity (Wildman–Crippen MR) is 96.8 cm³/mol. The molecule has 1 aromatic rings. The second-order valence-corrected chi connectivity index (χ2v) is 7.52. The fourth-order valence-corrected chi connectivity index (χ4v) is 2.74. The van der Waals surface area contributed by atoms with Crippen LogP contribution in [0.1, 0.15) is 20.8 Å². The highest BCUT2D eigenvalue weighted by Gasteiger charge is 2.26. The van der Waals surface area contributed by atoms with Gasteiger partial charge in [-0.1, -0.05) is 32.9 Å². The molecule has 0 radical (unpaired) electrons. The first-order valence-corrected chi connectivity index (χ1v) is 8.79. The van der Waals surface area contributed by atoms with Crippen LogP contribution in [0.25, 0.3) is 0 Å². The minimum Gasteiger partial charge on any atom is -0.493 e. The van der Waals surface area contributed by atoms with E-state index in [1.165, 1.54) is 0 Å². The average Bonchev–Trinajstić information content (AvgIpc) is 2.56. The number of β-amino-alcohol motifs (C(OH)–C–C–N with tert-alkyl or cyclic N) is 1. The van der Waals surface area contributed by atoms with Crippen LogP contribution < -0.4 is 9.47 Å². The van der Waals surface area contributed by atoms with Gasteiger partial charge in [0, 0.05) is 39.3 Å². The molecule has 2 rings (SSSR count). The minimum atomic E-state index is -0.280. The molecule has 1 aliphatic heterocycles. The number of para-hydroxylation sites is 2.